The Morgan fingerprint density at radius 3 is 2.56 bits per heavy atom. The molecule has 0 unspecified atom stereocenters. The van der Waals surface area contributed by atoms with Crippen LogP contribution in [-0.2, 0) is 22.6 Å². The maximum atomic E-state index is 12.3. The number of hydrogen-bond acceptors (Lipinski definition) is 6. The average Bonchev–Trinajstić information content (AvgIpc) is 3.15. The molecule has 0 aliphatic carbocycles. The minimum atomic E-state index is -0.111. The highest BCUT2D eigenvalue weighted by Gasteiger charge is 2.27. The first kappa shape index (κ1) is 24.2. The number of nitrogens with zero attached hydrogens (tertiary/aromatic N) is 4. The van der Waals surface area contributed by atoms with Crippen LogP contribution in [0.1, 0.15) is 38.1 Å². The summed E-state index contributed by atoms with van der Waals surface area (Å²) < 4.78 is 15.4. The minimum absolute atomic E-state index is 0.0974. The van der Waals surface area contributed by atoms with Crippen LogP contribution in [0, 0.1) is 10.7 Å². The molecule has 3 aromatic rings. The van der Waals surface area contributed by atoms with Crippen molar-refractivity contribution in [2.45, 2.75) is 39.8 Å². The molecule has 1 atom stereocenters. The van der Waals surface area contributed by atoms with Crippen LogP contribution in [0.3, 0.4) is 0 Å². The summed E-state index contributed by atoms with van der Waals surface area (Å²) in [6.45, 7) is 6.96. The molecule has 0 spiro atoms. The Kier molecular flexibility index (Phi) is 8.13. The zero-order chi connectivity index (χ0) is 23.9. The second kappa shape index (κ2) is 11.4. The predicted octanol–water partition coefficient (Wildman–Crippen LogP) is 4.63. The minimum Gasteiger partial charge on any atom is -0.494 e. The van der Waals surface area contributed by atoms with E-state index in [4.69, 9.17) is 26.8 Å². The van der Waals surface area contributed by atoms with E-state index in [2.05, 4.69) is 17.0 Å². The van der Waals surface area contributed by atoms with E-state index in [1.54, 1.807) is 0 Å². The number of esters is 1. The Morgan fingerprint density at radius 1 is 1.09 bits per heavy atom. The van der Waals surface area contributed by atoms with Gasteiger partial charge in [0.15, 0.2) is 0 Å². The molecule has 2 heterocycles. The lowest BCUT2D eigenvalue weighted by molar-refractivity contribution is -0.150. The summed E-state index contributed by atoms with van der Waals surface area (Å²) in [7, 11) is 0. The van der Waals surface area contributed by atoms with Crippen molar-refractivity contribution in [3.05, 3.63) is 70.8 Å². The number of hydrogen-bond donors (Lipinski definition) is 0. The van der Waals surface area contributed by atoms with Gasteiger partial charge in [-0.25, -0.2) is 4.68 Å². The van der Waals surface area contributed by atoms with Gasteiger partial charge >= 0.3 is 5.97 Å². The van der Waals surface area contributed by atoms with E-state index < -0.39 is 0 Å². The van der Waals surface area contributed by atoms with Gasteiger partial charge in [-0.1, -0.05) is 30.3 Å². The molecule has 0 bridgehead atoms. The first-order valence-corrected chi connectivity index (χ1v) is 12.3. The Morgan fingerprint density at radius 2 is 1.85 bits per heavy atom. The standard InChI is InChI=1S/C26H32N4O3S/c1-3-32-23-14-12-22(13-15-23)30-24(17-20-9-6-5-7-10-20)27-29(26(30)34)19-28-16-8-11-21(18-28)25(31)33-4-2/h5-7,9-10,12-15,21H,3-4,8,11,16-19H2,1-2H3/t21-/m0/s1. The molecule has 0 N–H and O–H groups in total. The van der Waals surface area contributed by atoms with Gasteiger partial charge in [-0.2, -0.15) is 5.10 Å². The molecular weight excluding hydrogens is 448 g/mol. The second-order valence-corrected chi connectivity index (χ2v) is 8.80. The van der Waals surface area contributed by atoms with Crippen molar-refractivity contribution in [2.75, 3.05) is 26.3 Å². The first-order chi connectivity index (χ1) is 16.6. The van der Waals surface area contributed by atoms with Gasteiger partial charge in [-0.05, 0) is 75.3 Å². The fraction of sp³-hybridized carbons (Fsp3) is 0.423. The summed E-state index contributed by atoms with van der Waals surface area (Å²) in [6, 6.07) is 18.2. The quantitative estimate of drug-likeness (QED) is 0.329. The van der Waals surface area contributed by atoms with E-state index in [-0.39, 0.29) is 11.9 Å². The number of rotatable bonds is 9. The number of carbonyl (C=O) groups excluding carboxylic acids is 1. The molecule has 1 aliphatic rings. The smallest absolute Gasteiger partial charge is 0.310 e. The summed E-state index contributed by atoms with van der Waals surface area (Å²) in [5.74, 6) is 1.49. The van der Waals surface area contributed by atoms with Crippen molar-refractivity contribution in [3.8, 4) is 11.4 Å². The maximum absolute atomic E-state index is 12.3. The molecule has 0 saturated carbocycles. The third kappa shape index (κ3) is 5.74. The highest BCUT2D eigenvalue weighted by Crippen LogP contribution is 2.22. The highest BCUT2D eigenvalue weighted by atomic mass is 32.1. The van der Waals surface area contributed by atoms with Gasteiger partial charge in [0.2, 0.25) is 4.77 Å². The summed E-state index contributed by atoms with van der Waals surface area (Å²) in [4.78, 5) is 14.5. The Bertz CT molecular complexity index is 1140. The molecule has 0 radical (unpaired) electrons. The number of benzene rings is 2. The molecule has 4 rings (SSSR count). The van der Waals surface area contributed by atoms with Gasteiger partial charge in [0.05, 0.1) is 25.8 Å². The summed E-state index contributed by atoms with van der Waals surface area (Å²) in [5, 5.41) is 4.93. The van der Waals surface area contributed by atoms with Crippen LogP contribution in [0.2, 0.25) is 0 Å². The van der Waals surface area contributed by atoms with E-state index in [0.29, 0.717) is 37.6 Å². The van der Waals surface area contributed by atoms with Gasteiger partial charge in [-0.3, -0.25) is 14.3 Å². The van der Waals surface area contributed by atoms with Crippen LogP contribution in [0.15, 0.2) is 54.6 Å². The Hall–Kier alpha value is -2.97. The fourth-order valence-corrected chi connectivity index (χ4v) is 4.69. The third-order valence-electron chi connectivity index (χ3n) is 5.98. The normalized spacial score (nSPS) is 16.4. The van der Waals surface area contributed by atoms with Crippen molar-refractivity contribution >= 4 is 18.2 Å². The van der Waals surface area contributed by atoms with Crippen LogP contribution in [-0.4, -0.2) is 51.5 Å². The van der Waals surface area contributed by atoms with Gasteiger partial charge in [-0.15, -0.1) is 0 Å². The summed E-state index contributed by atoms with van der Waals surface area (Å²) in [6.07, 6.45) is 2.48. The molecule has 0 amide bonds. The second-order valence-electron chi connectivity index (χ2n) is 8.43. The van der Waals surface area contributed by atoms with Gasteiger partial charge in [0, 0.05) is 18.7 Å². The molecular formula is C26H32N4O3S. The van der Waals surface area contributed by atoms with Crippen LogP contribution >= 0.6 is 12.2 Å². The van der Waals surface area contributed by atoms with E-state index in [9.17, 15) is 4.79 Å². The Labute approximate surface area is 205 Å². The lowest BCUT2D eigenvalue weighted by Gasteiger charge is -2.31. The van der Waals surface area contributed by atoms with Crippen LogP contribution < -0.4 is 4.74 Å². The maximum Gasteiger partial charge on any atom is 0.310 e. The molecule has 8 heteroatoms. The van der Waals surface area contributed by atoms with E-state index in [1.807, 2.05) is 65.6 Å². The number of carbonyl (C=O) groups is 1. The fourth-order valence-electron chi connectivity index (χ4n) is 4.38. The van der Waals surface area contributed by atoms with E-state index in [1.165, 1.54) is 5.56 Å². The van der Waals surface area contributed by atoms with Crippen molar-refractivity contribution in [1.82, 2.24) is 19.2 Å². The topological polar surface area (TPSA) is 61.5 Å². The zero-order valence-corrected chi connectivity index (χ0v) is 20.7. The predicted molar refractivity (Wildman–Crippen MR) is 134 cm³/mol. The number of ether oxygens (including phenoxy) is 2. The van der Waals surface area contributed by atoms with Crippen molar-refractivity contribution in [1.29, 1.82) is 0 Å². The molecule has 180 valence electrons. The molecule has 1 fully saturated rings. The average molecular weight is 481 g/mol. The van der Waals surface area contributed by atoms with E-state index in [0.717, 1.165) is 36.6 Å². The molecule has 1 aromatic heterocycles. The van der Waals surface area contributed by atoms with Gasteiger partial charge < -0.3 is 9.47 Å². The third-order valence-corrected chi connectivity index (χ3v) is 6.37. The van der Waals surface area contributed by atoms with Crippen LogP contribution in [0.5, 0.6) is 5.75 Å². The monoisotopic (exact) mass is 480 g/mol. The number of likely N-dealkylation sites (tertiary alicyclic amines) is 1. The number of aromatic nitrogens is 3. The first-order valence-electron chi connectivity index (χ1n) is 11.9. The van der Waals surface area contributed by atoms with Crippen LogP contribution in [0.25, 0.3) is 5.69 Å². The van der Waals surface area contributed by atoms with Gasteiger partial charge in [0.25, 0.3) is 0 Å². The number of piperidine rings is 1. The van der Waals surface area contributed by atoms with Crippen molar-refractivity contribution in [3.63, 3.8) is 0 Å². The van der Waals surface area contributed by atoms with Crippen molar-refractivity contribution in [2.24, 2.45) is 5.92 Å². The Balaban J connectivity index is 1.62. The molecule has 7 nitrogen and oxygen atoms in total. The zero-order valence-electron chi connectivity index (χ0n) is 19.9. The molecule has 2 aromatic carbocycles. The van der Waals surface area contributed by atoms with Gasteiger partial charge in [0.1, 0.15) is 11.6 Å². The van der Waals surface area contributed by atoms with E-state index >= 15 is 0 Å². The molecule has 1 saturated heterocycles. The lowest BCUT2D eigenvalue weighted by atomic mass is 9.99. The lowest BCUT2D eigenvalue weighted by Crippen LogP contribution is -2.40. The van der Waals surface area contributed by atoms with Crippen LogP contribution in [0.4, 0.5) is 0 Å². The highest BCUT2D eigenvalue weighted by molar-refractivity contribution is 7.71. The SMILES string of the molecule is CCOC(=O)[C@H]1CCCN(Cn2nc(Cc3ccccc3)n(-c3ccc(OCC)cc3)c2=S)C1. The summed E-state index contributed by atoms with van der Waals surface area (Å²) in [5.41, 5.74) is 2.12. The largest absolute Gasteiger partial charge is 0.494 e. The summed E-state index contributed by atoms with van der Waals surface area (Å²) >= 11 is 5.90. The molecule has 34 heavy (non-hydrogen) atoms. The van der Waals surface area contributed by atoms with Crippen molar-refractivity contribution < 1.29 is 14.3 Å². The molecule has 1 aliphatic heterocycles.